The highest BCUT2D eigenvalue weighted by molar-refractivity contribution is 7.89. The molecule has 7 nitrogen and oxygen atoms in total. The van der Waals surface area contributed by atoms with Crippen LogP contribution in [0.4, 0.5) is 0 Å². The van der Waals surface area contributed by atoms with Crippen molar-refractivity contribution in [3.05, 3.63) is 71.8 Å². The van der Waals surface area contributed by atoms with E-state index in [1.165, 1.54) is 34.5 Å². The quantitative estimate of drug-likeness (QED) is 0.610. The van der Waals surface area contributed by atoms with Gasteiger partial charge in [-0.3, -0.25) is 14.5 Å². The van der Waals surface area contributed by atoms with Crippen LogP contribution in [0.3, 0.4) is 0 Å². The summed E-state index contributed by atoms with van der Waals surface area (Å²) in [6.45, 7) is 4.64. The lowest BCUT2D eigenvalue weighted by Crippen LogP contribution is -2.51. The van der Waals surface area contributed by atoms with Crippen LogP contribution in [-0.2, 0) is 14.8 Å². The maximum atomic E-state index is 13.0. The van der Waals surface area contributed by atoms with Crippen molar-refractivity contribution in [3.8, 4) is 0 Å². The number of carbonyl (C=O) groups is 2. The minimum absolute atomic E-state index is 0.0730. The third-order valence-electron chi connectivity index (χ3n) is 6.27. The van der Waals surface area contributed by atoms with E-state index in [0.717, 1.165) is 6.42 Å². The zero-order chi connectivity index (χ0) is 23.4. The summed E-state index contributed by atoms with van der Waals surface area (Å²) in [7, 11) is -3.67. The van der Waals surface area contributed by atoms with Crippen molar-refractivity contribution in [2.24, 2.45) is 0 Å². The average molecular weight is 468 g/mol. The molecule has 0 atom stereocenters. The maximum absolute atomic E-state index is 13.0. The summed E-state index contributed by atoms with van der Waals surface area (Å²) >= 11 is 0. The molecule has 2 heterocycles. The molecule has 0 aromatic heterocycles. The van der Waals surface area contributed by atoms with Crippen LogP contribution in [0.25, 0.3) is 5.57 Å². The molecular formula is C25H29N3O4S. The molecular weight excluding hydrogens is 438 g/mol. The van der Waals surface area contributed by atoms with Crippen LogP contribution in [-0.4, -0.2) is 80.0 Å². The third-order valence-corrected chi connectivity index (χ3v) is 8.17. The first-order valence-corrected chi connectivity index (χ1v) is 12.6. The Labute approximate surface area is 195 Å². The van der Waals surface area contributed by atoms with Crippen LogP contribution in [0.2, 0.25) is 0 Å². The molecule has 0 radical (unpaired) electrons. The van der Waals surface area contributed by atoms with Crippen molar-refractivity contribution in [2.75, 3.05) is 45.8 Å². The first kappa shape index (κ1) is 23.4. The monoisotopic (exact) mass is 467 g/mol. The topological polar surface area (TPSA) is 78.0 Å². The van der Waals surface area contributed by atoms with E-state index in [1.54, 1.807) is 12.1 Å². The highest BCUT2D eigenvalue weighted by atomic mass is 32.2. The minimum Gasteiger partial charge on any atom is -0.338 e. The van der Waals surface area contributed by atoms with Gasteiger partial charge in [-0.05, 0) is 36.6 Å². The molecule has 0 aliphatic carbocycles. The van der Waals surface area contributed by atoms with Gasteiger partial charge in [0.05, 0.1) is 11.4 Å². The summed E-state index contributed by atoms with van der Waals surface area (Å²) < 4.78 is 27.4. The van der Waals surface area contributed by atoms with Gasteiger partial charge >= 0.3 is 0 Å². The van der Waals surface area contributed by atoms with E-state index in [9.17, 15) is 18.0 Å². The van der Waals surface area contributed by atoms with E-state index in [4.69, 9.17) is 0 Å². The van der Waals surface area contributed by atoms with Crippen LogP contribution in [0.1, 0.15) is 29.3 Å². The number of benzene rings is 2. The molecule has 1 fully saturated rings. The highest BCUT2D eigenvalue weighted by Crippen LogP contribution is 2.23. The lowest BCUT2D eigenvalue weighted by atomic mass is 9.99. The van der Waals surface area contributed by atoms with Gasteiger partial charge in [0.1, 0.15) is 0 Å². The van der Waals surface area contributed by atoms with E-state index in [-0.39, 0.29) is 16.6 Å². The molecule has 0 saturated carbocycles. The number of nitrogens with zero attached hydrogens (tertiary/aromatic N) is 3. The summed E-state index contributed by atoms with van der Waals surface area (Å²) in [5, 5.41) is 0. The first-order chi connectivity index (χ1) is 15.8. The number of carbonyl (C=O) groups excluding carboxylic acids is 2. The Balaban J connectivity index is 1.30. The Kier molecular flexibility index (Phi) is 7.07. The minimum atomic E-state index is -3.67. The van der Waals surface area contributed by atoms with E-state index >= 15 is 0 Å². The van der Waals surface area contributed by atoms with Gasteiger partial charge in [-0.15, -0.1) is 0 Å². The number of piperazine rings is 1. The second kappa shape index (κ2) is 9.99. The van der Waals surface area contributed by atoms with Crippen LogP contribution in [0, 0.1) is 0 Å². The van der Waals surface area contributed by atoms with Crippen molar-refractivity contribution in [1.29, 1.82) is 0 Å². The number of ketones is 1. The van der Waals surface area contributed by atoms with Crippen molar-refractivity contribution in [2.45, 2.75) is 18.2 Å². The zero-order valence-electron chi connectivity index (χ0n) is 18.8. The van der Waals surface area contributed by atoms with Crippen molar-refractivity contribution >= 4 is 27.3 Å². The Hall–Kier alpha value is -2.81. The number of rotatable bonds is 6. The van der Waals surface area contributed by atoms with Crippen molar-refractivity contribution in [3.63, 3.8) is 0 Å². The smallest absolute Gasteiger partial charge is 0.243 e. The Morgan fingerprint density at radius 1 is 0.909 bits per heavy atom. The molecule has 0 unspecified atom stereocenters. The summed E-state index contributed by atoms with van der Waals surface area (Å²) in [6, 6.07) is 16.4. The second-order valence-corrected chi connectivity index (χ2v) is 10.4. The van der Waals surface area contributed by atoms with E-state index in [1.807, 2.05) is 28.0 Å². The number of amides is 1. The molecule has 2 aromatic rings. The summed E-state index contributed by atoms with van der Waals surface area (Å²) in [5.41, 5.74) is 2.86. The van der Waals surface area contributed by atoms with E-state index < -0.39 is 10.0 Å². The fourth-order valence-electron chi connectivity index (χ4n) is 4.25. The average Bonchev–Trinajstić information content (AvgIpc) is 2.85. The molecule has 1 saturated heterocycles. The number of sulfonamides is 1. The van der Waals surface area contributed by atoms with Gasteiger partial charge < -0.3 is 4.90 Å². The number of hydrogen-bond donors (Lipinski definition) is 0. The molecule has 4 rings (SSSR count). The van der Waals surface area contributed by atoms with Gasteiger partial charge in [0, 0.05) is 44.8 Å². The lowest BCUT2D eigenvalue weighted by molar-refractivity contribution is -0.132. The van der Waals surface area contributed by atoms with Gasteiger partial charge in [0.15, 0.2) is 5.78 Å². The molecule has 8 heteroatoms. The molecule has 2 aliphatic rings. The van der Waals surface area contributed by atoms with Crippen LogP contribution < -0.4 is 0 Å². The summed E-state index contributed by atoms with van der Waals surface area (Å²) in [5.74, 6) is -0.0948. The van der Waals surface area contributed by atoms with Crippen LogP contribution in [0.5, 0.6) is 0 Å². The Bertz CT molecular complexity index is 1150. The summed E-state index contributed by atoms with van der Waals surface area (Å²) in [4.78, 5) is 28.4. The summed E-state index contributed by atoms with van der Waals surface area (Å²) in [6.07, 6.45) is 2.96. The molecule has 33 heavy (non-hydrogen) atoms. The molecule has 0 bridgehead atoms. The molecule has 2 aromatic carbocycles. The van der Waals surface area contributed by atoms with Crippen molar-refractivity contribution in [1.82, 2.24) is 14.1 Å². The zero-order valence-corrected chi connectivity index (χ0v) is 19.6. The molecule has 174 valence electrons. The third kappa shape index (κ3) is 5.40. The molecule has 0 N–H and O–H groups in total. The van der Waals surface area contributed by atoms with Gasteiger partial charge in [-0.25, -0.2) is 8.42 Å². The fraction of sp³-hybridized carbons (Fsp3) is 0.360. The molecule has 1 amide bonds. The van der Waals surface area contributed by atoms with Gasteiger partial charge in [-0.2, -0.15) is 4.31 Å². The number of Topliss-reactive ketones (excluding diaryl/α,β-unsaturated/α-hetero) is 1. The predicted molar refractivity (Wildman–Crippen MR) is 127 cm³/mol. The van der Waals surface area contributed by atoms with Gasteiger partial charge in [-0.1, -0.05) is 48.5 Å². The Morgan fingerprint density at radius 3 is 2.27 bits per heavy atom. The SMILES string of the molecule is CC(=O)c1cccc(S(=O)(=O)N2CCN(CC(=O)N3CC=C(c4ccccc4)CC3)CC2)c1. The highest BCUT2D eigenvalue weighted by Gasteiger charge is 2.30. The molecule has 2 aliphatic heterocycles. The van der Waals surface area contributed by atoms with Crippen molar-refractivity contribution < 1.29 is 18.0 Å². The fourth-order valence-corrected chi connectivity index (χ4v) is 5.72. The first-order valence-electron chi connectivity index (χ1n) is 11.2. The van der Waals surface area contributed by atoms with E-state index in [0.29, 0.717) is 51.4 Å². The largest absolute Gasteiger partial charge is 0.338 e. The van der Waals surface area contributed by atoms with Crippen LogP contribution >= 0.6 is 0 Å². The standard InChI is InChI=1S/C25H29N3O4S/c1-20(29)23-8-5-9-24(18-23)33(31,32)28-16-14-26(15-17-28)19-25(30)27-12-10-22(11-13-27)21-6-3-2-4-7-21/h2-10,18H,11-17,19H2,1H3. The molecule has 0 spiro atoms. The normalized spacial score (nSPS) is 18.1. The Morgan fingerprint density at radius 2 is 1.64 bits per heavy atom. The maximum Gasteiger partial charge on any atom is 0.243 e. The second-order valence-electron chi connectivity index (χ2n) is 8.45. The van der Waals surface area contributed by atoms with Gasteiger partial charge in [0.25, 0.3) is 0 Å². The van der Waals surface area contributed by atoms with E-state index in [2.05, 4.69) is 18.2 Å². The number of hydrogen-bond acceptors (Lipinski definition) is 5. The lowest BCUT2D eigenvalue weighted by Gasteiger charge is -2.35. The van der Waals surface area contributed by atoms with Gasteiger partial charge in [0.2, 0.25) is 15.9 Å². The predicted octanol–water partition coefficient (Wildman–Crippen LogP) is 2.51. The van der Waals surface area contributed by atoms with Crippen LogP contribution in [0.15, 0.2) is 65.6 Å².